The molecule has 2 N–H and O–H groups in total. The minimum absolute atomic E-state index is 0.111. The van der Waals surface area contributed by atoms with Crippen molar-refractivity contribution in [2.45, 2.75) is 45.6 Å². The minimum Gasteiger partial charge on any atom is -0.394 e. The van der Waals surface area contributed by atoms with Gasteiger partial charge in [-0.25, -0.2) is 9.07 Å². The van der Waals surface area contributed by atoms with Crippen LogP contribution < -0.4 is 5.32 Å². The van der Waals surface area contributed by atoms with Gasteiger partial charge in [-0.2, -0.15) is 5.10 Å². The number of nitrogens with one attached hydrogen (secondary N) is 1. The Balaban J connectivity index is 1.92. The van der Waals surface area contributed by atoms with Gasteiger partial charge in [0.1, 0.15) is 11.5 Å². The second kappa shape index (κ2) is 7.35. The summed E-state index contributed by atoms with van der Waals surface area (Å²) in [5, 5.41) is 16.8. The van der Waals surface area contributed by atoms with E-state index in [0.717, 1.165) is 30.5 Å². The maximum absolute atomic E-state index is 14.2. The van der Waals surface area contributed by atoms with E-state index in [1.54, 1.807) is 22.9 Å². The van der Waals surface area contributed by atoms with Gasteiger partial charge in [0.05, 0.1) is 12.6 Å². The highest BCUT2D eigenvalue weighted by Gasteiger charge is 2.28. The summed E-state index contributed by atoms with van der Waals surface area (Å²) < 4.78 is 15.7. The summed E-state index contributed by atoms with van der Waals surface area (Å²) in [6, 6.07) is 6.14. The van der Waals surface area contributed by atoms with E-state index in [1.807, 2.05) is 13.8 Å². The summed E-state index contributed by atoms with van der Waals surface area (Å²) in [7, 11) is 0. The van der Waals surface area contributed by atoms with Crippen molar-refractivity contribution in [2.24, 2.45) is 5.92 Å². The highest BCUT2D eigenvalue weighted by atomic mass is 19.1. The normalized spacial score (nSPS) is 14.6. The van der Waals surface area contributed by atoms with Gasteiger partial charge < -0.3 is 10.4 Å². The summed E-state index contributed by atoms with van der Waals surface area (Å²) in [4.78, 5) is 12.7. The molecule has 134 valence electrons. The maximum atomic E-state index is 14.2. The monoisotopic (exact) mass is 345 g/mol. The molecule has 5 nitrogen and oxygen atoms in total. The lowest BCUT2D eigenvalue weighted by Crippen LogP contribution is -2.39. The molecule has 2 aromatic rings. The number of hydrogen-bond acceptors (Lipinski definition) is 3. The number of aromatic nitrogens is 2. The number of carbonyl (C=O) groups excluding carboxylic acids is 1. The number of nitrogens with zero attached hydrogens (tertiary/aromatic N) is 2. The van der Waals surface area contributed by atoms with Crippen LogP contribution in [0.4, 0.5) is 4.39 Å². The van der Waals surface area contributed by atoms with E-state index < -0.39 is 0 Å². The third-order valence-electron chi connectivity index (χ3n) is 4.54. The Labute approximate surface area is 146 Å². The summed E-state index contributed by atoms with van der Waals surface area (Å²) >= 11 is 0. The van der Waals surface area contributed by atoms with Crippen LogP contribution in [0.5, 0.6) is 0 Å². The van der Waals surface area contributed by atoms with Crippen LogP contribution in [0, 0.1) is 11.7 Å². The molecule has 1 atom stereocenters. The lowest BCUT2D eigenvalue weighted by Gasteiger charge is -2.17. The summed E-state index contributed by atoms with van der Waals surface area (Å²) in [5.74, 6) is -0.299. The fourth-order valence-corrected chi connectivity index (χ4v) is 3.44. The molecular weight excluding hydrogens is 321 g/mol. The van der Waals surface area contributed by atoms with E-state index in [1.165, 1.54) is 6.07 Å². The van der Waals surface area contributed by atoms with Crippen molar-refractivity contribution in [1.29, 1.82) is 0 Å². The number of halogens is 1. The van der Waals surface area contributed by atoms with Crippen LogP contribution in [0.25, 0.3) is 5.69 Å². The van der Waals surface area contributed by atoms with Crippen LogP contribution in [0.15, 0.2) is 24.3 Å². The number of rotatable bonds is 6. The van der Waals surface area contributed by atoms with Crippen molar-refractivity contribution in [3.63, 3.8) is 0 Å². The number of fused-ring (bicyclic) bond motifs is 1. The maximum Gasteiger partial charge on any atom is 0.272 e. The summed E-state index contributed by atoms with van der Waals surface area (Å²) in [6.45, 7) is 3.97. The first kappa shape index (κ1) is 17.6. The number of para-hydroxylation sites is 1. The third-order valence-corrected chi connectivity index (χ3v) is 4.54. The van der Waals surface area contributed by atoms with E-state index >= 15 is 0 Å². The highest BCUT2D eigenvalue weighted by Crippen LogP contribution is 2.28. The molecule has 1 aliphatic carbocycles. The standard InChI is InChI=1S/C19H24FN3O2/c1-12(2)10-13(11-24)21-19(25)18-14-6-5-9-16(14)23(22-18)17-8-4-3-7-15(17)20/h3-4,7-8,12-13,24H,5-6,9-11H2,1-2H3,(H,21,25). The molecule has 3 rings (SSSR count). The zero-order chi connectivity index (χ0) is 18.0. The van der Waals surface area contributed by atoms with Gasteiger partial charge in [-0.1, -0.05) is 26.0 Å². The first-order valence-electron chi connectivity index (χ1n) is 8.78. The largest absolute Gasteiger partial charge is 0.394 e. The number of carbonyl (C=O) groups is 1. The van der Waals surface area contributed by atoms with Crippen molar-refractivity contribution in [2.75, 3.05) is 6.61 Å². The Kier molecular flexibility index (Phi) is 5.18. The number of aliphatic hydroxyl groups is 1. The molecule has 0 radical (unpaired) electrons. The van der Waals surface area contributed by atoms with Crippen molar-refractivity contribution in [3.05, 3.63) is 47.0 Å². The molecule has 6 heteroatoms. The lowest BCUT2D eigenvalue weighted by atomic mass is 10.0. The quantitative estimate of drug-likeness (QED) is 0.846. The Morgan fingerprint density at radius 3 is 2.80 bits per heavy atom. The molecule has 1 aromatic heterocycles. The van der Waals surface area contributed by atoms with Crippen LogP contribution >= 0.6 is 0 Å². The van der Waals surface area contributed by atoms with E-state index in [0.29, 0.717) is 23.7 Å². The van der Waals surface area contributed by atoms with Crippen molar-refractivity contribution < 1.29 is 14.3 Å². The highest BCUT2D eigenvalue weighted by molar-refractivity contribution is 5.94. The number of aliphatic hydroxyl groups excluding tert-OH is 1. The second-order valence-electron chi connectivity index (χ2n) is 6.97. The molecule has 1 amide bonds. The molecule has 1 unspecified atom stereocenters. The Morgan fingerprint density at radius 1 is 1.36 bits per heavy atom. The summed E-state index contributed by atoms with van der Waals surface area (Å²) in [6.07, 6.45) is 3.16. The van der Waals surface area contributed by atoms with Crippen molar-refractivity contribution in [3.8, 4) is 5.69 Å². The van der Waals surface area contributed by atoms with Gasteiger partial charge >= 0.3 is 0 Å². The molecule has 1 aromatic carbocycles. The molecule has 1 heterocycles. The molecule has 0 saturated carbocycles. The van der Waals surface area contributed by atoms with E-state index in [9.17, 15) is 14.3 Å². The fourth-order valence-electron chi connectivity index (χ4n) is 3.44. The average Bonchev–Trinajstić information content (AvgIpc) is 3.16. The van der Waals surface area contributed by atoms with Gasteiger partial charge in [-0.3, -0.25) is 4.79 Å². The fraction of sp³-hybridized carbons (Fsp3) is 0.474. The average molecular weight is 345 g/mol. The predicted octanol–water partition coefficient (Wildman–Crippen LogP) is 2.64. The van der Waals surface area contributed by atoms with Crippen LogP contribution in [0.3, 0.4) is 0 Å². The molecule has 25 heavy (non-hydrogen) atoms. The van der Waals surface area contributed by atoms with Gasteiger partial charge in [0.15, 0.2) is 5.69 Å². The zero-order valence-electron chi connectivity index (χ0n) is 14.6. The molecule has 0 aliphatic heterocycles. The minimum atomic E-state index is -0.361. The Morgan fingerprint density at radius 2 is 2.12 bits per heavy atom. The molecule has 1 aliphatic rings. The lowest BCUT2D eigenvalue weighted by molar-refractivity contribution is 0.0902. The Bertz CT molecular complexity index is 770. The number of amides is 1. The topological polar surface area (TPSA) is 67.2 Å². The number of benzene rings is 1. The SMILES string of the molecule is CC(C)CC(CO)NC(=O)c1nn(-c2ccccc2F)c2c1CCC2. The molecule has 0 bridgehead atoms. The van der Waals surface area contributed by atoms with Gasteiger partial charge in [0.2, 0.25) is 0 Å². The smallest absolute Gasteiger partial charge is 0.272 e. The first-order chi connectivity index (χ1) is 12.0. The predicted molar refractivity (Wildman–Crippen MR) is 93.3 cm³/mol. The van der Waals surface area contributed by atoms with Crippen molar-refractivity contribution in [1.82, 2.24) is 15.1 Å². The second-order valence-corrected chi connectivity index (χ2v) is 6.97. The van der Waals surface area contributed by atoms with Crippen LogP contribution in [0.1, 0.15) is 48.4 Å². The first-order valence-corrected chi connectivity index (χ1v) is 8.78. The van der Waals surface area contributed by atoms with E-state index in [2.05, 4.69) is 10.4 Å². The van der Waals surface area contributed by atoms with Gasteiger partial charge in [-0.15, -0.1) is 0 Å². The van der Waals surface area contributed by atoms with Gasteiger partial charge in [0.25, 0.3) is 5.91 Å². The van der Waals surface area contributed by atoms with Crippen molar-refractivity contribution >= 4 is 5.91 Å². The zero-order valence-corrected chi connectivity index (χ0v) is 14.6. The Hall–Kier alpha value is -2.21. The molecule has 0 fully saturated rings. The molecular formula is C19H24FN3O2. The number of hydrogen-bond donors (Lipinski definition) is 2. The van der Waals surface area contributed by atoms with E-state index in [4.69, 9.17) is 0 Å². The third kappa shape index (κ3) is 3.58. The van der Waals surface area contributed by atoms with Crippen LogP contribution in [0.2, 0.25) is 0 Å². The summed E-state index contributed by atoms with van der Waals surface area (Å²) in [5.41, 5.74) is 2.50. The van der Waals surface area contributed by atoms with E-state index in [-0.39, 0.29) is 24.4 Å². The van der Waals surface area contributed by atoms with Crippen LogP contribution in [-0.4, -0.2) is 33.4 Å². The molecule has 0 spiro atoms. The molecule has 0 saturated heterocycles. The van der Waals surface area contributed by atoms with Gasteiger partial charge in [-0.05, 0) is 43.7 Å². The van der Waals surface area contributed by atoms with Gasteiger partial charge in [0, 0.05) is 11.3 Å². The van der Waals surface area contributed by atoms with Crippen LogP contribution in [-0.2, 0) is 12.8 Å².